The molecular formula is C72H135O8Th-. The quantitative estimate of drug-likeness (QED) is 0.0402. The average Bonchev–Trinajstić information content (AvgIpc) is 3.43. The molecule has 3 N–H and O–H groups in total. The van der Waals surface area contributed by atoms with Gasteiger partial charge in [-0.25, -0.2) is 0 Å². The van der Waals surface area contributed by atoms with Crippen LogP contribution >= 0.6 is 0 Å². The van der Waals surface area contributed by atoms with Crippen LogP contribution in [0.3, 0.4) is 0 Å². The van der Waals surface area contributed by atoms with Crippen molar-refractivity contribution in [1.82, 2.24) is 0 Å². The van der Waals surface area contributed by atoms with Crippen molar-refractivity contribution >= 4 is 23.9 Å². The maximum atomic E-state index is 10.3. The number of unbranched alkanes of at least 4 members (excludes halogenated alkanes) is 44. The first kappa shape index (κ1) is 87.9. The van der Waals surface area contributed by atoms with Crippen molar-refractivity contribution in [3.8, 4) is 0 Å². The summed E-state index contributed by atoms with van der Waals surface area (Å²) in [6.45, 7) is 9.03. The maximum Gasteiger partial charge on any atom is 0.303 e. The molecule has 0 aliphatic carbocycles. The molecule has 9 heteroatoms. The van der Waals surface area contributed by atoms with Gasteiger partial charge >= 0.3 is 17.9 Å². The summed E-state index contributed by atoms with van der Waals surface area (Å²) in [5.74, 6) is -2.91. The normalized spacial score (nSPS) is 11.1. The summed E-state index contributed by atoms with van der Waals surface area (Å²) in [4.78, 5) is 41.2. The van der Waals surface area contributed by atoms with Gasteiger partial charge in [0.25, 0.3) is 0 Å². The van der Waals surface area contributed by atoms with Crippen LogP contribution in [0.25, 0.3) is 0 Å². The number of carboxylic acids is 4. The van der Waals surface area contributed by atoms with Crippen LogP contribution in [-0.2, 0) is 19.2 Å². The molecule has 0 aliphatic heterocycles. The number of carbonyl (C=O) groups is 4. The first-order chi connectivity index (χ1) is 39.1. The summed E-state index contributed by atoms with van der Waals surface area (Å²) < 4.78 is 0. The van der Waals surface area contributed by atoms with Crippen LogP contribution in [0.1, 0.15) is 387 Å². The SMILES string of the molecule is CCCCCCCC/C=C\CCCCCCCC(=O)O.CCCCCCCC/C=C\CCCCCCCC(=O)O.CCCCCCCC/C=C\CCCCCCCC(=O)O.CCCCCCCC/C=C\CCCCCCCC(=O)[O-].[Th]. The van der Waals surface area contributed by atoms with E-state index in [-0.39, 0.29) is 46.4 Å². The zero-order valence-electron chi connectivity index (χ0n) is 54.1. The Balaban J connectivity index is -0.000000316. The molecule has 0 aromatic carbocycles. The van der Waals surface area contributed by atoms with Gasteiger partial charge in [0.1, 0.15) is 0 Å². The molecule has 0 heterocycles. The van der Waals surface area contributed by atoms with Crippen molar-refractivity contribution in [1.29, 1.82) is 0 Å². The van der Waals surface area contributed by atoms with Crippen molar-refractivity contribution < 1.29 is 79.5 Å². The van der Waals surface area contributed by atoms with Crippen LogP contribution in [0.15, 0.2) is 48.6 Å². The zero-order chi connectivity index (χ0) is 59.6. The Hall–Kier alpha value is -1.84. The molecular weight excluding hydrogens is 1220 g/mol. The predicted octanol–water partition coefficient (Wildman–Crippen LogP) is 23.1. The summed E-state index contributed by atoms with van der Waals surface area (Å²) in [7, 11) is 0. The third-order valence-corrected chi connectivity index (χ3v) is 14.6. The second kappa shape index (κ2) is 84.6. The van der Waals surface area contributed by atoms with Gasteiger partial charge in [0.15, 0.2) is 0 Å². The molecule has 8 nitrogen and oxygen atoms in total. The van der Waals surface area contributed by atoms with Crippen LogP contribution in [0.4, 0.5) is 0 Å². The molecule has 0 aromatic heterocycles. The van der Waals surface area contributed by atoms with Gasteiger partial charge in [0.05, 0.1) is 0 Å². The van der Waals surface area contributed by atoms with Crippen LogP contribution in [0.2, 0.25) is 0 Å². The largest absolute Gasteiger partial charge is 0.550 e. The number of hydrogen-bond donors (Lipinski definition) is 3. The first-order valence-corrected chi connectivity index (χ1v) is 34.5. The van der Waals surface area contributed by atoms with E-state index >= 15 is 0 Å². The minimum absolute atomic E-state index is 0. The van der Waals surface area contributed by atoms with Crippen molar-refractivity contribution in [2.24, 2.45) is 0 Å². The molecule has 0 unspecified atom stereocenters. The predicted molar refractivity (Wildman–Crippen MR) is 346 cm³/mol. The van der Waals surface area contributed by atoms with Crippen molar-refractivity contribution in [2.45, 2.75) is 387 Å². The van der Waals surface area contributed by atoms with E-state index in [4.69, 9.17) is 15.3 Å². The van der Waals surface area contributed by atoms with Gasteiger partial charge in [-0.2, -0.15) is 0 Å². The van der Waals surface area contributed by atoms with E-state index in [9.17, 15) is 24.3 Å². The van der Waals surface area contributed by atoms with Crippen LogP contribution < -0.4 is 5.11 Å². The molecule has 0 radical (unpaired) electrons. The fraction of sp³-hybridized carbons (Fsp3) is 0.833. The number of hydrogen-bond acceptors (Lipinski definition) is 5. The number of carbonyl (C=O) groups excluding carboxylic acids is 1. The Morgan fingerprint density at radius 3 is 0.519 bits per heavy atom. The molecule has 0 saturated heterocycles. The zero-order valence-corrected chi connectivity index (χ0v) is 58.2. The Morgan fingerprint density at radius 1 is 0.235 bits per heavy atom. The molecule has 0 bridgehead atoms. The molecule has 0 amide bonds. The number of rotatable bonds is 60. The van der Waals surface area contributed by atoms with E-state index in [2.05, 4.69) is 76.3 Å². The van der Waals surface area contributed by atoms with E-state index < -0.39 is 23.9 Å². The summed E-state index contributed by atoms with van der Waals surface area (Å²) in [6, 6.07) is 0. The van der Waals surface area contributed by atoms with Gasteiger partial charge in [-0.3, -0.25) is 14.4 Å². The number of allylic oxidation sites excluding steroid dienone is 8. The van der Waals surface area contributed by atoms with E-state index in [1.807, 2.05) is 0 Å². The van der Waals surface area contributed by atoms with Gasteiger partial charge in [0.2, 0.25) is 0 Å². The monoisotopic (exact) mass is 1360 g/mol. The fourth-order valence-corrected chi connectivity index (χ4v) is 9.38. The second-order valence-electron chi connectivity index (χ2n) is 22.9. The molecule has 0 rings (SSSR count). The third-order valence-electron chi connectivity index (χ3n) is 14.6. The summed E-state index contributed by atoms with van der Waals surface area (Å²) in [5.41, 5.74) is 0. The fourth-order valence-electron chi connectivity index (χ4n) is 9.38. The molecule has 476 valence electrons. The Labute approximate surface area is 535 Å². The van der Waals surface area contributed by atoms with Crippen LogP contribution in [0, 0.1) is 39.9 Å². The summed E-state index contributed by atoms with van der Waals surface area (Å²) in [5, 5.41) is 35.7. The van der Waals surface area contributed by atoms with Crippen molar-refractivity contribution in [2.75, 3.05) is 0 Å². The average molecular weight is 1360 g/mol. The Kier molecular flexibility index (Phi) is 91.9. The van der Waals surface area contributed by atoms with Gasteiger partial charge in [-0.1, -0.05) is 282 Å². The molecule has 0 fully saturated rings. The standard InChI is InChI=1S/4C18H34O2.Th/c4*1-2-3-4-5-6-7-8-9-10-11-12-13-14-15-16-17-18(19)20;/h4*9-10H,2-8,11-17H2,1H3,(H,19,20);/p-1/b4*10-9-;. The minimum atomic E-state index is -0.914. The Morgan fingerprint density at radius 2 is 0.370 bits per heavy atom. The van der Waals surface area contributed by atoms with Gasteiger partial charge in [0, 0.05) is 65.2 Å². The van der Waals surface area contributed by atoms with E-state index in [0.717, 1.165) is 57.8 Å². The molecule has 0 aromatic rings. The minimum Gasteiger partial charge on any atom is -0.550 e. The molecule has 0 aliphatic rings. The molecule has 0 saturated carbocycles. The van der Waals surface area contributed by atoms with E-state index in [1.54, 1.807) is 0 Å². The topological polar surface area (TPSA) is 152 Å². The molecule has 81 heavy (non-hydrogen) atoms. The maximum absolute atomic E-state index is 10.3. The van der Waals surface area contributed by atoms with Crippen LogP contribution in [0.5, 0.6) is 0 Å². The van der Waals surface area contributed by atoms with E-state index in [0.29, 0.717) is 19.3 Å². The van der Waals surface area contributed by atoms with Crippen molar-refractivity contribution in [3.63, 3.8) is 0 Å². The molecule has 0 atom stereocenters. The van der Waals surface area contributed by atoms with Crippen LogP contribution in [-0.4, -0.2) is 39.2 Å². The first-order valence-electron chi connectivity index (χ1n) is 34.5. The molecule has 0 spiro atoms. The number of carboxylic acid groups (broad SMARTS) is 4. The smallest absolute Gasteiger partial charge is 0.303 e. The number of aliphatic carboxylic acids is 4. The Bertz CT molecular complexity index is 1140. The summed E-state index contributed by atoms with van der Waals surface area (Å²) in [6.07, 6.45) is 84.6. The van der Waals surface area contributed by atoms with E-state index in [1.165, 1.54) is 276 Å². The van der Waals surface area contributed by atoms with Gasteiger partial charge in [-0.15, -0.1) is 0 Å². The second-order valence-corrected chi connectivity index (χ2v) is 22.9. The summed E-state index contributed by atoms with van der Waals surface area (Å²) >= 11 is 0. The third kappa shape index (κ3) is 104. The van der Waals surface area contributed by atoms with Gasteiger partial charge in [-0.05, 0) is 135 Å². The van der Waals surface area contributed by atoms with Crippen molar-refractivity contribution in [3.05, 3.63) is 48.6 Å². The van der Waals surface area contributed by atoms with Gasteiger partial charge < -0.3 is 25.2 Å².